The third kappa shape index (κ3) is 11.4. The van der Waals surface area contributed by atoms with E-state index in [1.165, 1.54) is 19.9 Å². The predicted molar refractivity (Wildman–Crippen MR) is 125 cm³/mol. The number of sulfonamides is 1. The maximum Gasteiger partial charge on any atom is 0.326 e. The maximum absolute atomic E-state index is 13.0. The number of ether oxygens (including phenoxy) is 1. The largest absolute Gasteiger partial charge is 0.480 e. The molecule has 0 aromatic heterocycles. The van der Waals surface area contributed by atoms with E-state index in [4.69, 9.17) is 4.74 Å². The van der Waals surface area contributed by atoms with E-state index < -0.39 is 57.0 Å². The number of carboxylic acid groups (broad SMARTS) is 1. The van der Waals surface area contributed by atoms with Gasteiger partial charge in [0, 0.05) is 24.8 Å². The van der Waals surface area contributed by atoms with Gasteiger partial charge in [-0.3, -0.25) is 19.7 Å². The zero-order valence-corrected chi connectivity index (χ0v) is 21.3. The summed E-state index contributed by atoms with van der Waals surface area (Å²) in [5, 5.41) is 22.4. The molecule has 0 aliphatic carbocycles. The molecule has 0 rings (SSSR count). The van der Waals surface area contributed by atoms with Gasteiger partial charge in [0.05, 0.1) is 11.4 Å². The fourth-order valence-electron chi connectivity index (χ4n) is 2.63. The Labute approximate surface area is 200 Å². The number of carboxylic acids is 1. The molecule has 2 atom stereocenters. The molecule has 0 aromatic rings. The minimum Gasteiger partial charge on any atom is -0.480 e. The van der Waals surface area contributed by atoms with Crippen LogP contribution in [0.5, 0.6) is 0 Å². The summed E-state index contributed by atoms with van der Waals surface area (Å²) in [6, 6.07) is -2.54. The SMILES string of the molecule is C/C=C(\C=C/C(C)[N+](=O)[O-])S(=O)(=O)N(CCC)CC(=O)NC(CCC(=O)OC(C)(C)C)C(=O)O. The molecule has 13 heteroatoms. The molecule has 0 saturated carbocycles. The first-order valence-corrected chi connectivity index (χ1v) is 12.2. The second kappa shape index (κ2) is 13.8. The molecule has 0 aliphatic heterocycles. The number of esters is 1. The van der Waals surface area contributed by atoms with Crippen molar-refractivity contribution in [3.05, 3.63) is 33.2 Å². The van der Waals surface area contributed by atoms with Gasteiger partial charge in [0.1, 0.15) is 11.6 Å². The number of allylic oxidation sites excluding steroid dienone is 2. The predicted octanol–water partition coefficient (Wildman–Crippen LogP) is 1.84. The van der Waals surface area contributed by atoms with Gasteiger partial charge in [-0.05, 0) is 52.7 Å². The molecule has 1 amide bonds. The lowest BCUT2D eigenvalue weighted by Gasteiger charge is -2.23. The Hall–Kier alpha value is -2.80. The first-order valence-electron chi connectivity index (χ1n) is 10.8. The Morgan fingerprint density at radius 2 is 1.85 bits per heavy atom. The minimum absolute atomic E-state index is 0.0403. The Bertz CT molecular complexity index is 905. The monoisotopic (exact) mass is 505 g/mol. The molecule has 34 heavy (non-hydrogen) atoms. The van der Waals surface area contributed by atoms with Gasteiger partial charge in [-0.15, -0.1) is 0 Å². The maximum atomic E-state index is 13.0. The summed E-state index contributed by atoms with van der Waals surface area (Å²) in [6.45, 7) is 8.71. The van der Waals surface area contributed by atoms with Crippen LogP contribution in [0.4, 0.5) is 0 Å². The van der Waals surface area contributed by atoms with Crippen LogP contribution in [0.3, 0.4) is 0 Å². The Morgan fingerprint density at radius 3 is 2.29 bits per heavy atom. The second-order valence-electron chi connectivity index (χ2n) is 8.50. The van der Waals surface area contributed by atoms with Crippen LogP contribution in [0.1, 0.15) is 60.8 Å². The van der Waals surface area contributed by atoms with E-state index in [0.717, 1.165) is 16.5 Å². The van der Waals surface area contributed by atoms with Crippen molar-refractivity contribution >= 4 is 27.9 Å². The van der Waals surface area contributed by atoms with Gasteiger partial charge >= 0.3 is 11.9 Å². The van der Waals surface area contributed by atoms with Crippen molar-refractivity contribution in [1.82, 2.24) is 9.62 Å². The van der Waals surface area contributed by atoms with Gasteiger partial charge in [0.2, 0.25) is 22.0 Å². The Balaban J connectivity index is 5.44. The molecule has 194 valence electrons. The van der Waals surface area contributed by atoms with Crippen molar-refractivity contribution in [1.29, 1.82) is 0 Å². The molecule has 2 N–H and O–H groups in total. The van der Waals surface area contributed by atoms with Crippen LogP contribution >= 0.6 is 0 Å². The van der Waals surface area contributed by atoms with E-state index in [0.29, 0.717) is 6.42 Å². The number of aliphatic carboxylic acids is 1. The number of nitrogens with zero attached hydrogens (tertiary/aromatic N) is 2. The van der Waals surface area contributed by atoms with Crippen molar-refractivity contribution in [2.45, 2.75) is 78.5 Å². The highest BCUT2D eigenvalue weighted by atomic mass is 32.2. The summed E-state index contributed by atoms with van der Waals surface area (Å²) < 4.78 is 32.0. The van der Waals surface area contributed by atoms with Gasteiger partial charge in [-0.25, -0.2) is 13.2 Å². The quantitative estimate of drug-likeness (QED) is 0.154. The number of rotatable bonds is 14. The van der Waals surface area contributed by atoms with Crippen molar-refractivity contribution in [3.8, 4) is 0 Å². The number of carbonyl (C=O) groups is 3. The zero-order valence-electron chi connectivity index (χ0n) is 20.4. The van der Waals surface area contributed by atoms with Crippen LogP contribution in [0.15, 0.2) is 23.1 Å². The summed E-state index contributed by atoms with van der Waals surface area (Å²) in [4.78, 5) is 45.9. The third-order valence-electron chi connectivity index (χ3n) is 4.28. The number of nitrogens with one attached hydrogen (secondary N) is 1. The first kappa shape index (κ1) is 31.2. The fourth-order valence-corrected chi connectivity index (χ4v) is 4.19. The van der Waals surface area contributed by atoms with Crippen LogP contribution in [0.2, 0.25) is 0 Å². The van der Waals surface area contributed by atoms with Gasteiger partial charge in [-0.1, -0.05) is 13.0 Å². The van der Waals surface area contributed by atoms with E-state index in [9.17, 15) is 38.0 Å². The van der Waals surface area contributed by atoms with Crippen molar-refractivity contribution < 1.29 is 37.6 Å². The highest BCUT2D eigenvalue weighted by Gasteiger charge is 2.29. The Kier molecular flexibility index (Phi) is 12.7. The van der Waals surface area contributed by atoms with E-state index in [1.54, 1.807) is 27.7 Å². The number of carbonyl (C=O) groups excluding carboxylic acids is 2. The average molecular weight is 506 g/mol. The summed E-state index contributed by atoms with van der Waals surface area (Å²) >= 11 is 0. The lowest BCUT2D eigenvalue weighted by molar-refractivity contribution is -0.504. The molecule has 0 spiro atoms. The molecule has 12 nitrogen and oxygen atoms in total. The highest BCUT2D eigenvalue weighted by molar-refractivity contribution is 7.93. The van der Waals surface area contributed by atoms with E-state index in [1.807, 2.05) is 0 Å². The molecule has 0 aliphatic rings. The van der Waals surface area contributed by atoms with E-state index in [-0.39, 0.29) is 24.3 Å². The lowest BCUT2D eigenvalue weighted by Crippen LogP contribution is -2.47. The van der Waals surface area contributed by atoms with Crippen molar-refractivity contribution in [2.75, 3.05) is 13.1 Å². The molecular formula is C21H35N3O9S. The van der Waals surface area contributed by atoms with Crippen LogP contribution < -0.4 is 5.32 Å². The molecule has 2 unspecified atom stereocenters. The van der Waals surface area contributed by atoms with E-state index >= 15 is 0 Å². The molecule has 0 radical (unpaired) electrons. The molecule has 0 bridgehead atoms. The first-order chi connectivity index (χ1) is 15.5. The fraction of sp³-hybridized carbons (Fsp3) is 0.667. The minimum atomic E-state index is -4.19. The van der Waals surface area contributed by atoms with Crippen LogP contribution in [0.25, 0.3) is 0 Å². The zero-order chi connectivity index (χ0) is 26.7. The van der Waals surface area contributed by atoms with Crippen LogP contribution in [-0.2, 0) is 29.1 Å². The normalized spacial score (nSPS) is 14.6. The van der Waals surface area contributed by atoms with Crippen LogP contribution in [-0.4, -0.2) is 71.4 Å². The summed E-state index contributed by atoms with van der Waals surface area (Å²) in [6.07, 6.45) is 3.34. The van der Waals surface area contributed by atoms with Crippen molar-refractivity contribution in [3.63, 3.8) is 0 Å². The average Bonchev–Trinajstić information content (AvgIpc) is 2.69. The Morgan fingerprint density at radius 1 is 1.26 bits per heavy atom. The lowest BCUT2D eigenvalue weighted by atomic mass is 10.1. The number of hydrogen-bond acceptors (Lipinski definition) is 8. The molecule has 0 aromatic carbocycles. The number of nitro groups is 1. The highest BCUT2D eigenvalue weighted by Crippen LogP contribution is 2.16. The van der Waals surface area contributed by atoms with Gasteiger partial charge in [0.25, 0.3) is 0 Å². The molecule has 0 heterocycles. The van der Waals surface area contributed by atoms with Gasteiger partial charge < -0.3 is 15.2 Å². The third-order valence-corrected chi connectivity index (χ3v) is 6.24. The van der Waals surface area contributed by atoms with Crippen molar-refractivity contribution in [2.24, 2.45) is 0 Å². The standard InChI is InChI=1S/C21H35N3O9S/c1-7-13-23(34(31,32)16(8-2)10-9-15(3)24(29)30)14-18(25)22-17(20(27)28)11-12-19(26)33-21(4,5)6/h8-10,15,17H,7,11-14H2,1-6H3,(H,22,25)(H,27,28)/b10-9-,16-8+. The second-order valence-corrected chi connectivity index (χ2v) is 10.4. The number of hydrogen-bond donors (Lipinski definition) is 2. The number of amides is 1. The van der Waals surface area contributed by atoms with Gasteiger partial charge in [0.15, 0.2) is 0 Å². The summed E-state index contributed by atoms with van der Waals surface area (Å²) in [7, 11) is -4.19. The molecule has 0 fully saturated rings. The summed E-state index contributed by atoms with van der Waals surface area (Å²) in [5.74, 6) is -2.88. The van der Waals surface area contributed by atoms with Crippen LogP contribution in [0, 0.1) is 10.1 Å². The van der Waals surface area contributed by atoms with E-state index in [2.05, 4.69) is 5.32 Å². The molecule has 0 saturated heterocycles. The smallest absolute Gasteiger partial charge is 0.326 e. The summed E-state index contributed by atoms with van der Waals surface area (Å²) in [5.41, 5.74) is -0.746. The van der Waals surface area contributed by atoms with Gasteiger partial charge in [-0.2, -0.15) is 4.31 Å². The topological polar surface area (TPSA) is 173 Å². The molecular weight excluding hydrogens is 470 g/mol.